The highest BCUT2D eigenvalue weighted by molar-refractivity contribution is 5.85. The fourth-order valence-electron chi connectivity index (χ4n) is 4.07. The summed E-state index contributed by atoms with van der Waals surface area (Å²) >= 11 is 0. The zero-order chi connectivity index (χ0) is 23.8. The topological polar surface area (TPSA) is 80.2 Å². The van der Waals surface area contributed by atoms with Crippen molar-refractivity contribution in [1.29, 1.82) is 0 Å². The van der Waals surface area contributed by atoms with Gasteiger partial charge in [0.25, 0.3) is 0 Å². The highest BCUT2D eigenvalue weighted by Gasteiger charge is 2.19. The number of fused-ring (bicyclic) bond motifs is 1. The predicted octanol–water partition coefficient (Wildman–Crippen LogP) is 5.56. The predicted molar refractivity (Wildman–Crippen MR) is 133 cm³/mol. The second-order valence-corrected chi connectivity index (χ2v) is 8.23. The molecule has 0 amide bonds. The van der Waals surface area contributed by atoms with Crippen LogP contribution in [0.2, 0.25) is 0 Å². The summed E-state index contributed by atoms with van der Waals surface area (Å²) in [7, 11) is 0. The molecule has 0 bridgehead atoms. The fraction of sp³-hybridized carbons (Fsp3) is 0.214. The quantitative estimate of drug-likeness (QED) is 0.381. The van der Waals surface area contributed by atoms with E-state index in [4.69, 9.17) is 14.7 Å². The first-order chi connectivity index (χ1) is 16.6. The number of hydrogen-bond acceptors (Lipinski definition) is 5. The number of ether oxygens (including phenoxy) is 1. The lowest BCUT2D eigenvalue weighted by Gasteiger charge is -2.20. The maximum atomic E-state index is 10.9. The van der Waals surface area contributed by atoms with Crippen molar-refractivity contribution in [1.82, 2.24) is 5.32 Å². The molecule has 0 saturated carbocycles. The second-order valence-electron chi connectivity index (χ2n) is 8.23. The SMILES string of the molecule is C/C(CC1=Cc2cccc(OCC(=O)O)c2CC1)=N/OC(C1=CC=CNC=C1)c1ccccc1. The zero-order valence-electron chi connectivity index (χ0n) is 19.1. The Hall–Kier alpha value is -4.06. The molecule has 1 aliphatic carbocycles. The van der Waals surface area contributed by atoms with Gasteiger partial charge in [0.2, 0.25) is 0 Å². The number of hydrogen-bond donors (Lipinski definition) is 2. The van der Waals surface area contributed by atoms with E-state index in [-0.39, 0.29) is 12.7 Å². The van der Waals surface area contributed by atoms with Crippen molar-refractivity contribution in [2.24, 2.45) is 5.16 Å². The number of nitrogens with one attached hydrogen (secondary N) is 1. The lowest BCUT2D eigenvalue weighted by atomic mass is 9.89. The summed E-state index contributed by atoms with van der Waals surface area (Å²) in [4.78, 5) is 16.9. The number of benzene rings is 2. The van der Waals surface area contributed by atoms with E-state index in [2.05, 4.69) is 16.5 Å². The molecule has 0 fully saturated rings. The van der Waals surface area contributed by atoms with Gasteiger partial charge in [-0.2, -0.15) is 0 Å². The Kier molecular flexibility index (Phi) is 7.60. The minimum atomic E-state index is -0.979. The summed E-state index contributed by atoms with van der Waals surface area (Å²) < 4.78 is 5.46. The lowest BCUT2D eigenvalue weighted by Crippen LogP contribution is -2.12. The molecule has 0 radical (unpaired) electrons. The van der Waals surface area contributed by atoms with Gasteiger partial charge in [-0.25, -0.2) is 4.79 Å². The van der Waals surface area contributed by atoms with E-state index in [1.54, 1.807) is 0 Å². The average Bonchev–Trinajstić information content (AvgIpc) is 3.13. The van der Waals surface area contributed by atoms with Crippen molar-refractivity contribution in [3.05, 3.63) is 107 Å². The van der Waals surface area contributed by atoms with Crippen LogP contribution in [-0.4, -0.2) is 23.4 Å². The molecule has 1 atom stereocenters. The van der Waals surface area contributed by atoms with Gasteiger partial charge < -0.3 is 20.0 Å². The van der Waals surface area contributed by atoms with E-state index in [1.807, 2.05) is 86.1 Å². The van der Waals surface area contributed by atoms with Crippen LogP contribution in [0.3, 0.4) is 0 Å². The van der Waals surface area contributed by atoms with E-state index in [9.17, 15) is 4.79 Å². The fourth-order valence-corrected chi connectivity index (χ4v) is 4.07. The Morgan fingerprint density at radius 2 is 1.97 bits per heavy atom. The van der Waals surface area contributed by atoms with Crippen LogP contribution >= 0.6 is 0 Å². The molecule has 6 nitrogen and oxygen atoms in total. The summed E-state index contributed by atoms with van der Waals surface area (Å²) in [5.41, 5.74) is 6.29. The van der Waals surface area contributed by atoms with Crippen LogP contribution in [0.25, 0.3) is 6.08 Å². The summed E-state index contributed by atoms with van der Waals surface area (Å²) in [5.74, 6) is -0.337. The summed E-state index contributed by atoms with van der Waals surface area (Å²) in [5, 5.41) is 16.5. The molecule has 0 aromatic heterocycles. The van der Waals surface area contributed by atoms with Crippen molar-refractivity contribution in [3.63, 3.8) is 0 Å². The molecule has 2 aromatic carbocycles. The van der Waals surface area contributed by atoms with Crippen molar-refractivity contribution in [2.75, 3.05) is 6.61 Å². The van der Waals surface area contributed by atoms with Crippen LogP contribution in [0.15, 0.2) is 95.5 Å². The molecule has 4 rings (SSSR count). The Labute approximate surface area is 199 Å². The van der Waals surface area contributed by atoms with Crippen LogP contribution in [0, 0.1) is 0 Å². The Balaban J connectivity index is 1.48. The number of oxime groups is 1. The van der Waals surface area contributed by atoms with Gasteiger partial charge in [-0.05, 0) is 49.1 Å². The number of nitrogens with zero attached hydrogens (tertiary/aromatic N) is 1. The summed E-state index contributed by atoms with van der Waals surface area (Å²) in [6.45, 7) is 1.64. The maximum Gasteiger partial charge on any atom is 0.341 e. The maximum absolute atomic E-state index is 10.9. The molecule has 6 heteroatoms. The normalized spacial score (nSPS) is 15.9. The van der Waals surface area contributed by atoms with E-state index in [0.717, 1.165) is 40.8 Å². The summed E-state index contributed by atoms with van der Waals surface area (Å²) in [6.07, 6.45) is 13.9. The molecular formula is C28H28N2O4. The van der Waals surface area contributed by atoms with Crippen molar-refractivity contribution in [3.8, 4) is 5.75 Å². The number of carbonyl (C=O) groups is 1. The van der Waals surface area contributed by atoms with Gasteiger partial charge in [-0.1, -0.05) is 65.3 Å². The number of rotatable bonds is 9. The first-order valence-electron chi connectivity index (χ1n) is 11.3. The molecule has 174 valence electrons. The first kappa shape index (κ1) is 23.1. The van der Waals surface area contributed by atoms with Crippen molar-refractivity contribution < 1.29 is 19.5 Å². The van der Waals surface area contributed by atoms with Crippen LogP contribution in [0.5, 0.6) is 5.75 Å². The molecule has 0 saturated heterocycles. The highest BCUT2D eigenvalue weighted by atomic mass is 16.6. The van der Waals surface area contributed by atoms with E-state index < -0.39 is 5.97 Å². The van der Waals surface area contributed by atoms with Crippen molar-refractivity contribution >= 4 is 17.8 Å². The monoisotopic (exact) mass is 456 g/mol. The number of aliphatic carboxylic acids is 1. The third-order valence-electron chi connectivity index (χ3n) is 5.63. The van der Waals surface area contributed by atoms with E-state index in [0.29, 0.717) is 12.2 Å². The molecule has 1 unspecified atom stereocenters. The molecule has 1 heterocycles. The van der Waals surface area contributed by atoms with Crippen LogP contribution in [-0.2, 0) is 16.1 Å². The van der Waals surface area contributed by atoms with E-state index >= 15 is 0 Å². The molecular weight excluding hydrogens is 428 g/mol. The van der Waals surface area contributed by atoms with Crippen LogP contribution in [0.4, 0.5) is 0 Å². The molecule has 2 aromatic rings. The number of carboxylic acid groups (broad SMARTS) is 1. The van der Waals surface area contributed by atoms with Crippen LogP contribution in [0.1, 0.15) is 42.6 Å². The molecule has 1 aliphatic heterocycles. The van der Waals surface area contributed by atoms with Gasteiger partial charge in [-0.15, -0.1) is 0 Å². The van der Waals surface area contributed by atoms with Gasteiger partial charge in [0.05, 0.1) is 5.71 Å². The number of carboxylic acids is 1. The molecule has 2 aliphatic rings. The Morgan fingerprint density at radius 3 is 2.79 bits per heavy atom. The molecule has 2 N–H and O–H groups in total. The molecule has 0 spiro atoms. The third-order valence-corrected chi connectivity index (χ3v) is 5.63. The van der Waals surface area contributed by atoms with Crippen molar-refractivity contribution in [2.45, 2.75) is 32.3 Å². The van der Waals surface area contributed by atoms with Gasteiger partial charge in [0.1, 0.15) is 5.75 Å². The molecule has 34 heavy (non-hydrogen) atoms. The Morgan fingerprint density at radius 1 is 1.12 bits per heavy atom. The smallest absolute Gasteiger partial charge is 0.341 e. The lowest BCUT2D eigenvalue weighted by molar-refractivity contribution is -0.139. The van der Waals surface area contributed by atoms with Crippen LogP contribution < -0.4 is 10.1 Å². The standard InChI is InChI=1S/C28H28N2O4/c1-20(17-21-12-13-25-24(18-21)9-5-11-26(25)33-19-27(31)32)30-34-28(22-7-3-2-4-8-22)23-10-6-15-29-16-14-23/h2-11,14-16,18,28-29H,12-13,17,19H2,1H3,(H,31,32)/b30-20-. The van der Waals surface area contributed by atoms with E-state index in [1.165, 1.54) is 5.57 Å². The largest absolute Gasteiger partial charge is 0.482 e. The first-order valence-corrected chi connectivity index (χ1v) is 11.3. The highest BCUT2D eigenvalue weighted by Crippen LogP contribution is 2.33. The number of allylic oxidation sites excluding steroid dienone is 3. The van der Waals surface area contributed by atoms with Gasteiger partial charge >= 0.3 is 5.97 Å². The van der Waals surface area contributed by atoms with Gasteiger partial charge in [-0.3, -0.25) is 0 Å². The summed E-state index contributed by atoms with van der Waals surface area (Å²) in [6, 6.07) is 15.8. The third kappa shape index (κ3) is 6.04. The van der Waals surface area contributed by atoms with Gasteiger partial charge in [0.15, 0.2) is 12.7 Å². The average molecular weight is 457 g/mol. The minimum Gasteiger partial charge on any atom is -0.482 e. The minimum absolute atomic E-state index is 0.313. The zero-order valence-corrected chi connectivity index (χ0v) is 19.1. The van der Waals surface area contributed by atoms with Gasteiger partial charge in [0, 0.05) is 30.0 Å². The second kappa shape index (κ2) is 11.2. The Bertz CT molecular complexity index is 1180.